The van der Waals surface area contributed by atoms with Gasteiger partial charge in [-0.2, -0.15) is 0 Å². The molecule has 0 bridgehead atoms. The molecule has 0 spiro atoms. The molecule has 0 aliphatic heterocycles. The highest BCUT2D eigenvalue weighted by Gasteiger charge is 2.15. The molecule has 1 unspecified atom stereocenters. The van der Waals surface area contributed by atoms with Crippen molar-refractivity contribution in [2.45, 2.75) is 19.1 Å². The first kappa shape index (κ1) is 13.3. The van der Waals surface area contributed by atoms with Crippen LogP contribution < -0.4 is 5.73 Å². The van der Waals surface area contributed by atoms with Crippen LogP contribution in [0.15, 0.2) is 60.7 Å². The summed E-state index contributed by atoms with van der Waals surface area (Å²) in [4.78, 5) is 11.8. The van der Waals surface area contributed by atoms with E-state index in [1.165, 1.54) is 0 Å². The second kappa shape index (κ2) is 6.71. The van der Waals surface area contributed by atoms with Gasteiger partial charge in [0.1, 0.15) is 12.6 Å². The van der Waals surface area contributed by atoms with E-state index in [2.05, 4.69) is 0 Å². The molecule has 0 aliphatic rings. The summed E-state index contributed by atoms with van der Waals surface area (Å²) >= 11 is 0. The van der Waals surface area contributed by atoms with Crippen LogP contribution in [-0.4, -0.2) is 12.0 Å². The molecule has 0 amide bonds. The molecule has 2 aromatic rings. The number of rotatable bonds is 5. The quantitative estimate of drug-likeness (QED) is 0.834. The molecule has 0 aliphatic carbocycles. The number of carbonyl (C=O) groups is 1. The van der Waals surface area contributed by atoms with Crippen molar-refractivity contribution in [3.8, 4) is 0 Å². The van der Waals surface area contributed by atoms with E-state index in [1.807, 2.05) is 60.7 Å². The van der Waals surface area contributed by atoms with Crippen LogP contribution in [0.4, 0.5) is 0 Å². The van der Waals surface area contributed by atoms with E-state index in [1.54, 1.807) is 0 Å². The van der Waals surface area contributed by atoms with Gasteiger partial charge in [-0.05, 0) is 17.5 Å². The van der Waals surface area contributed by atoms with E-state index in [9.17, 15) is 4.79 Å². The molecule has 1 atom stereocenters. The lowest BCUT2D eigenvalue weighted by Crippen LogP contribution is -2.34. The number of carbonyl (C=O) groups excluding carboxylic acids is 1. The van der Waals surface area contributed by atoms with Crippen LogP contribution in [0, 0.1) is 0 Å². The van der Waals surface area contributed by atoms with Crippen molar-refractivity contribution in [3.63, 3.8) is 0 Å². The lowest BCUT2D eigenvalue weighted by atomic mass is 10.1. The smallest absolute Gasteiger partial charge is 0.323 e. The summed E-state index contributed by atoms with van der Waals surface area (Å²) in [6.07, 6.45) is 0.495. The van der Waals surface area contributed by atoms with Crippen LogP contribution in [-0.2, 0) is 22.6 Å². The lowest BCUT2D eigenvalue weighted by Gasteiger charge is -2.11. The van der Waals surface area contributed by atoms with Crippen LogP contribution >= 0.6 is 0 Å². The molecule has 19 heavy (non-hydrogen) atoms. The van der Waals surface area contributed by atoms with Crippen molar-refractivity contribution in [3.05, 3.63) is 71.8 Å². The maximum atomic E-state index is 11.8. The van der Waals surface area contributed by atoms with Gasteiger partial charge in [0.05, 0.1) is 0 Å². The highest BCUT2D eigenvalue weighted by molar-refractivity contribution is 5.75. The van der Waals surface area contributed by atoms with Crippen LogP contribution in [0.1, 0.15) is 11.1 Å². The molecule has 0 saturated heterocycles. The Hall–Kier alpha value is -2.13. The molecule has 3 heteroatoms. The minimum absolute atomic E-state index is 0.266. The minimum atomic E-state index is -0.619. The van der Waals surface area contributed by atoms with Gasteiger partial charge in [-0.25, -0.2) is 0 Å². The van der Waals surface area contributed by atoms with Gasteiger partial charge in [-0.1, -0.05) is 60.7 Å². The standard InChI is InChI=1S/C16H17NO2/c17-15(11-13-7-3-1-4-8-13)16(18)19-12-14-9-5-2-6-10-14/h1-10,15H,11-12,17H2. The lowest BCUT2D eigenvalue weighted by molar-refractivity contribution is -0.146. The average molecular weight is 255 g/mol. The Bertz CT molecular complexity index is 511. The van der Waals surface area contributed by atoms with Gasteiger partial charge < -0.3 is 10.5 Å². The second-order valence-electron chi connectivity index (χ2n) is 4.39. The Balaban J connectivity index is 1.83. The first-order chi connectivity index (χ1) is 9.25. The SMILES string of the molecule is NC(Cc1ccccc1)C(=O)OCc1ccccc1. The zero-order chi connectivity index (χ0) is 13.5. The van der Waals surface area contributed by atoms with E-state index < -0.39 is 6.04 Å². The Morgan fingerprint density at radius 3 is 2.05 bits per heavy atom. The maximum absolute atomic E-state index is 11.8. The third-order valence-electron chi connectivity index (χ3n) is 2.83. The van der Waals surface area contributed by atoms with Gasteiger partial charge in [-0.3, -0.25) is 4.79 Å². The molecule has 2 aromatic carbocycles. The summed E-state index contributed by atoms with van der Waals surface area (Å²) in [5.41, 5.74) is 7.83. The molecule has 2 N–H and O–H groups in total. The van der Waals surface area contributed by atoms with E-state index in [-0.39, 0.29) is 12.6 Å². The average Bonchev–Trinajstić information content (AvgIpc) is 2.47. The van der Waals surface area contributed by atoms with Crippen LogP contribution in [0.25, 0.3) is 0 Å². The molecule has 0 saturated carbocycles. The number of benzene rings is 2. The molecule has 0 aromatic heterocycles. The largest absolute Gasteiger partial charge is 0.460 e. The highest BCUT2D eigenvalue weighted by Crippen LogP contribution is 2.05. The van der Waals surface area contributed by atoms with Gasteiger partial charge in [0.15, 0.2) is 0 Å². The van der Waals surface area contributed by atoms with Gasteiger partial charge in [-0.15, -0.1) is 0 Å². The number of esters is 1. The molecular weight excluding hydrogens is 238 g/mol. The van der Waals surface area contributed by atoms with Crippen LogP contribution in [0.5, 0.6) is 0 Å². The molecule has 98 valence electrons. The topological polar surface area (TPSA) is 52.3 Å². The normalized spacial score (nSPS) is 11.8. The van der Waals surface area contributed by atoms with Crippen molar-refractivity contribution in [1.82, 2.24) is 0 Å². The summed E-state index contributed by atoms with van der Waals surface area (Å²) in [5, 5.41) is 0. The van der Waals surface area contributed by atoms with Crippen molar-refractivity contribution in [2.75, 3.05) is 0 Å². The fourth-order valence-electron chi connectivity index (χ4n) is 1.79. The van der Waals surface area contributed by atoms with Crippen molar-refractivity contribution in [2.24, 2.45) is 5.73 Å². The molecule has 0 fully saturated rings. The fourth-order valence-corrected chi connectivity index (χ4v) is 1.79. The van der Waals surface area contributed by atoms with E-state index in [4.69, 9.17) is 10.5 Å². The monoisotopic (exact) mass is 255 g/mol. The Morgan fingerprint density at radius 2 is 1.47 bits per heavy atom. The molecule has 2 rings (SSSR count). The van der Waals surface area contributed by atoms with Crippen LogP contribution in [0.2, 0.25) is 0 Å². The fraction of sp³-hybridized carbons (Fsp3) is 0.188. The first-order valence-electron chi connectivity index (χ1n) is 6.26. The molecule has 0 heterocycles. The third kappa shape index (κ3) is 4.23. The van der Waals surface area contributed by atoms with E-state index >= 15 is 0 Å². The summed E-state index contributed by atoms with van der Waals surface area (Å²) in [6.45, 7) is 0.266. The molecular formula is C16H17NO2. The van der Waals surface area contributed by atoms with Crippen LogP contribution in [0.3, 0.4) is 0 Å². The van der Waals surface area contributed by atoms with Crippen molar-refractivity contribution < 1.29 is 9.53 Å². The predicted octanol–water partition coefficient (Wildman–Crippen LogP) is 2.30. The molecule has 3 nitrogen and oxygen atoms in total. The maximum Gasteiger partial charge on any atom is 0.323 e. The van der Waals surface area contributed by atoms with Gasteiger partial charge in [0.2, 0.25) is 0 Å². The van der Waals surface area contributed by atoms with E-state index in [0.29, 0.717) is 6.42 Å². The Labute approximate surface area is 113 Å². The summed E-state index contributed by atoms with van der Waals surface area (Å²) in [7, 11) is 0. The van der Waals surface area contributed by atoms with Crippen molar-refractivity contribution in [1.29, 1.82) is 0 Å². The summed E-state index contributed by atoms with van der Waals surface area (Å²) in [5.74, 6) is -0.368. The Kier molecular flexibility index (Phi) is 4.70. The van der Waals surface area contributed by atoms with Gasteiger partial charge >= 0.3 is 5.97 Å². The second-order valence-corrected chi connectivity index (χ2v) is 4.39. The minimum Gasteiger partial charge on any atom is -0.460 e. The van der Waals surface area contributed by atoms with Crippen molar-refractivity contribution >= 4 is 5.97 Å². The predicted molar refractivity (Wildman–Crippen MR) is 74.4 cm³/mol. The summed E-state index contributed by atoms with van der Waals surface area (Å²) < 4.78 is 5.20. The van der Waals surface area contributed by atoms with Gasteiger partial charge in [0.25, 0.3) is 0 Å². The Morgan fingerprint density at radius 1 is 0.947 bits per heavy atom. The zero-order valence-corrected chi connectivity index (χ0v) is 10.7. The number of hydrogen-bond donors (Lipinski definition) is 1. The zero-order valence-electron chi connectivity index (χ0n) is 10.7. The molecule has 0 radical (unpaired) electrons. The third-order valence-corrected chi connectivity index (χ3v) is 2.83. The van der Waals surface area contributed by atoms with Gasteiger partial charge in [0, 0.05) is 0 Å². The number of nitrogens with two attached hydrogens (primary N) is 1. The van der Waals surface area contributed by atoms with E-state index in [0.717, 1.165) is 11.1 Å². The number of hydrogen-bond acceptors (Lipinski definition) is 3. The number of ether oxygens (including phenoxy) is 1. The summed E-state index contributed by atoms with van der Waals surface area (Å²) in [6, 6.07) is 18.6. The highest BCUT2D eigenvalue weighted by atomic mass is 16.5. The first-order valence-corrected chi connectivity index (χ1v) is 6.26.